The third kappa shape index (κ3) is 3.44. The Balaban J connectivity index is 2.05. The van der Waals surface area contributed by atoms with Gasteiger partial charge in [-0.15, -0.1) is 0 Å². The number of rotatable bonds is 2. The van der Waals surface area contributed by atoms with Gasteiger partial charge in [0.05, 0.1) is 5.02 Å². The van der Waals surface area contributed by atoms with Crippen LogP contribution in [0, 0.1) is 17.3 Å². The van der Waals surface area contributed by atoms with E-state index in [9.17, 15) is 0 Å². The predicted octanol–water partition coefficient (Wildman–Crippen LogP) is 4.17. The molecule has 112 valence electrons. The lowest BCUT2D eigenvalue weighted by molar-refractivity contribution is 0.140. The Kier molecular flexibility index (Phi) is 4.60. The number of nitrogen functional groups attached to an aromatic ring is 1. The third-order valence-corrected chi connectivity index (χ3v) is 4.99. The summed E-state index contributed by atoms with van der Waals surface area (Å²) in [5.41, 5.74) is 13.7. The first kappa shape index (κ1) is 15.6. The molecule has 1 aromatic heterocycles. The van der Waals surface area contributed by atoms with Gasteiger partial charge in [0.2, 0.25) is 0 Å². The Bertz CT molecular complexity index is 459. The van der Waals surface area contributed by atoms with Crippen LogP contribution in [0.3, 0.4) is 0 Å². The fraction of sp³-hybridized carbons (Fsp3) is 0.688. The van der Waals surface area contributed by atoms with Gasteiger partial charge in [0.1, 0.15) is 5.82 Å². The van der Waals surface area contributed by atoms with Crippen molar-refractivity contribution in [3.05, 3.63) is 22.8 Å². The molecular weight excluding hydrogens is 270 g/mol. The summed E-state index contributed by atoms with van der Waals surface area (Å²) in [5, 5.41) is 0.605. The van der Waals surface area contributed by atoms with Gasteiger partial charge in [-0.1, -0.05) is 32.4 Å². The number of aromatic nitrogens is 1. The first-order valence-electron chi connectivity index (χ1n) is 7.45. The Morgan fingerprint density at radius 1 is 1.25 bits per heavy atom. The van der Waals surface area contributed by atoms with Crippen LogP contribution in [-0.2, 0) is 0 Å². The van der Waals surface area contributed by atoms with Crippen molar-refractivity contribution < 1.29 is 0 Å². The molecule has 0 aliphatic heterocycles. The van der Waals surface area contributed by atoms with Crippen LogP contribution in [0.5, 0.6) is 0 Å². The first-order chi connectivity index (χ1) is 9.29. The summed E-state index contributed by atoms with van der Waals surface area (Å²) >= 11 is 6.01. The second-order valence-electron chi connectivity index (χ2n) is 7.13. The Morgan fingerprint density at radius 2 is 1.85 bits per heavy atom. The van der Waals surface area contributed by atoms with E-state index in [-0.39, 0.29) is 6.04 Å². The maximum atomic E-state index is 6.42. The van der Waals surface area contributed by atoms with E-state index in [4.69, 9.17) is 23.1 Å². The molecule has 20 heavy (non-hydrogen) atoms. The molecule has 1 aliphatic carbocycles. The number of hydrogen-bond acceptors (Lipinski definition) is 3. The highest BCUT2D eigenvalue weighted by molar-refractivity contribution is 6.30. The monoisotopic (exact) mass is 295 g/mol. The maximum absolute atomic E-state index is 6.42. The van der Waals surface area contributed by atoms with Crippen LogP contribution in [-0.4, -0.2) is 4.98 Å². The van der Waals surface area contributed by atoms with E-state index < -0.39 is 0 Å². The summed E-state index contributed by atoms with van der Waals surface area (Å²) in [6.07, 6.45) is 6.39. The van der Waals surface area contributed by atoms with Crippen LogP contribution in [0.1, 0.15) is 58.1 Å². The van der Waals surface area contributed by atoms with Crippen LogP contribution in [0.25, 0.3) is 0 Å². The smallest absolute Gasteiger partial charge is 0.128 e. The average Bonchev–Trinajstić information content (AvgIpc) is 2.40. The highest BCUT2D eigenvalue weighted by Crippen LogP contribution is 2.43. The van der Waals surface area contributed by atoms with Crippen LogP contribution in [0.15, 0.2) is 12.3 Å². The lowest BCUT2D eigenvalue weighted by Gasteiger charge is -2.38. The van der Waals surface area contributed by atoms with Crippen molar-refractivity contribution in [1.82, 2.24) is 4.98 Å². The summed E-state index contributed by atoms with van der Waals surface area (Å²) in [6, 6.07) is 1.81. The van der Waals surface area contributed by atoms with E-state index in [1.54, 1.807) is 6.20 Å². The van der Waals surface area contributed by atoms with Gasteiger partial charge >= 0.3 is 0 Å². The van der Waals surface area contributed by atoms with Crippen molar-refractivity contribution in [3.8, 4) is 0 Å². The van der Waals surface area contributed by atoms with E-state index in [1.165, 1.54) is 12.8 Å². The fourth-order valence-electron chi connectivity index (χ4n) is 3.33. The van der Waals surface area contributed by atoms with Crippen molar-refractivity contribution in [3.63, 3.8) is 0 Å². The molecule has 1 aromatic rings. The molecule has 1 unspecified atom stereocenters. The zero-order valence-corrected chi connectivity index (χ0v) is 13.5. The molecule has 1 fully saturated rings. The Labute approximate surface area is 127 Å². The lowest BCUT2D eigenvalue weighted by atomic mass is 9.68. The zero-order valence-electron chi connectivity index (χ0n) is 12.7. The van der Waals surface area contributed by atoms with E-state index in [0.29, 0.717) is 22.2 Å². The number of anilines is 1. The van der Waals surface area contributed by atoms with Gasteiger partial charge in [-0.2, -0.15) is 0 Å². The number of halogens is 1. The van der Waals surface area contributed by atoms with Gasteiger partial charge in [0.25, 0.3) is 0 Å². The molecule has 0 radical (unpaired) electrons. The van der Waals surface area contributed by atoms with Gasteiger partial charge in [-0.05, 0) is 49.0 Å². The summed E-state index contributed by atoms with van der Waals surface area (Å²) in [5.74, 6) is 1.79. The summed E-state index contributed by atoms with van der Waals surface area (Å²) in [4.78, 5) is 4.11. The van der Waals surface area contributed by atoms with Gasteiger partial charge in [0.15, 0.2) is 0 Å². The Morgan fingerprint density at radius 3 is 2.40 bits per heavy atom. The molecule has 2 rings (SSSR count). The fourth-order valence-corrected chi connectivity index (χ4v) is 3.50. The molecule has 0 bridgehead atoms. The van der Waals surface area contributed by atoms with Crippen molar-refractivity contribution in [1.29, 1.82) is 0 Å². The molecule has 1 atom stereocenters. The molecule has 0 aromatic carbocycles. The highest BCUT2D eigenvalue weighted by Gasteiger charge is 2.32. The van der Waals surface area contributed by atoms with Crippen LogP contribution >= 0.6 is 11.6 Å². The van der Waals surface area contributed by atoms with E-state index in [0.717, 1.165) is 24.3 Å². The first-order valence-corrected chi connectivity index (χ1v) is 7.83. The minimum absolute atomic E-state index is 0.0536. The van der Waals surface area contributed by atoms with Gasteiger partial charge in [0, 0.05) is 17.8 Å². The quantitative estimate of drug-likeness (QED) is 0.860. The zero-order chi connectivity index (χ0) is 14.9. The predicted molar refractivity (Wildman–Crippen MR) is 85.5 cm³/mol. The third-order valence-electron chi connectivity index (χ3n) is 4.78. The maximum Gasteiger partial charge on any atom is 0.128 e. The standard InChI is InChI=1S/C16H26ClN3/c1-16(2,3)11-6-4-10(5-7-11)14(18)13-8-12(17)9-20-15(13)19/h8-11,14H,4-7,18H2,1-3H3,(H2,19,20). The van der Waals surface area contributed by atoms with Gasteiger partial charge < -0.3 is 11.5 Å². The molecule has 4 N–H and O–H groups in total. The lowest BCUT2D eigenvalue weighted by Crippen LogP contribution is -2.31. The summed E-state index contributed by atoms with van der Waals surface area (Å²) in [6.45, 7) is 6.99. The number of hydrogen-bond donors (Lipinski definition) is 2. The minimum Gasteiger partial charge on any atom is -0.383 e. The second-order valence-corrected chi connectivity index (χ2v) is 7.57. The van der Waals surface area contributed by atoms with E-state index in [2.05, 4.69) is 25.8 Å². The molecule has 0 spiro atoms. The van der Waals surface area contributed by atoms with Gasteiger partial charge in [-0.25, -0.2) is 4.98 Å². The largest absolute Gasteiger partial charge is 0.383 e. The minimum atomic E-state index is -0.0536. The van der Waals surface area contributed by atoms with Crippen LogP contribution in [0.4, 0.5) is 5.82 Å². The molecule has 0 saturated heterocycles. The van der Waals surface area contributed by atoms with Crippen LogP contribution in [0.2, 0.25) is 5.02 Å². The Hall–Kier alpha value is -0.800. The molecule has 1 heterocycles. The van der Waals surface area contributed by atoms with Crippen LogP contribution < -0.4 is 11.5 Å². The second kappa shape index (κ2) is 5.90. The molecule has 0 amide bonds. The molecule has 4 heteroatoms. The number of nitrogens with two attached hydrogens (primary N) is 2. The number of nitrogens with zero attached hydrogens (tertiary/aromatic N) is 1. The SMILES string of the molecule is CC(C)(C)C1CCC(C(N)c2cc(Cl)cnc2N)CC1. The normalized spacial score (nSPS) is 25.4. The molecule has 3 nitrogen and oxygen atoms in total. The molecular formula is C16H26ClN3. The van der Waals surface area contributed by atoms with Crippen molar-refractivity contribution in [2.24, 2.45) is 23.0 Å². The van der Waals surface area contributed by atoms with E-state index >= 15 is 0 Å². The molecule has 1 aliphatic rings. The topological polar surface area (TPSA) is 64.9 Å². The number of pyridine rings is 1. The summed E-state index contributed by atoms with van der Waals surface area (Å²) < 4.78 is 0. The van der Waals surface area contributed by atoms with E-state index in [1.807, 2.05) is 6.07 Å². The average molecular weight is 296 g/mol. The highest BCUT2D eigenvalue weighted by atomic mass is 35.5. The van der Waals surface area contributed by atoms with Crippen molar-refractivity contribution >= 4 is 17.4 Å². The van der Waals surface area contributed by atoms with Crippen molar-refractivity contribution in [2.45, 2.75) is 52.5 Å². The van der Waals surface area contributed by atoms with Crippen molar-refractivity contribution in [2.75, 3.05) is 5.73 Å². The van der Waals surface area contributed by atoms with Gasteiger partial charge in [-0.3, -0.25) is 0 Å². The molecule has 1 saturated carbocycles. The summed E-state index contributed by atoms with van der Waals surface area (Å²) in [7, 11) is 0.